The fourth-order valence-electron chi connectivity index (χ4n) is 0.785. The fourth-order valence-corrected chi connectivity index (χ4v) is 1.85. The Morgan fingerprint density at radius 1 is 1.18 bits per heavy atom. The van der Waals surface area contributed by atoms with Gasteiger partial charge in [-0.1, -0.05) is 0 Å². The Kier molecular flexibility index (Phi) is 3.38. The van der Waals surface area contributed by atoms with E-state index < -0.39 is 9.04 Å². The minimum absolute atomic E-state index is 0.915. The lowest BCUT2D eigenvalue weighted by atomic mass is 10.3. The summed E-state index contributed by atoms with van der Waals surface area (Å²) in [5.74, 6) is 1.01. The Morgan fingerprint density at radius 2 is 1.73 bits per heavy atom. The quantitative estimate of drug-likeness (QED) is 0.597. The fraction of sp³-hybridized carbons (Fsp3) is 0.250. The van der Waals surface area contributed by atoms with E-state index in [2.05, 4.69) is 47.8 Å². The van der Waals surface area contributed by atoms with Crippen LogP contribution in [0, 0.1) is 3.57 Å². The molecule has 0 aliphatic heterocycles. The molecule has 1 aromatic carbocycles. The molecule has 0 atom stereocenters. The van der Waals surface area contributed by atoms with Crippen molar-refractivity contribution in [1.29, 1.82) is 0 Å². The summed E-state index contributed by atoms with van der Waals surface area (Å²) in [5, 5.41) is 0. The molecule has 0 spiro atoms. The molecule has 0 unspecified atom stereocenters. The average Bonchev–Trinajstić information content (AvgIpc) is 1.93. The molecule has 0 saturated carbocycles. The van der Waals surface area contributed by atoms with E-state index in [4.69, 9.17) is 4.43 Å². The van der Waals surface area contributed by atoms with Gasteiger partial charge in [0, 0.05) is 3.57 Å². The zero-order valence-corrected chi connectivity index (χ0v) is 9.99. The third-order valence-corrected chi connectivity index (χ3v) is 2.65. The Hall–Kier alpha value is -0.0331. The highest BCUT2D eigenvalue weighted by atomic mass is 127. The van der Waals surface area contributed by atoms with E-state index in [0.717, 1.165) is 5.75 Å². The van der Waals surface area contributed by atoms with Crippen molar-refractivity contribution in [2.45, 2.75) is 13.1 Å². The molecular formula is C8H11IOSi. The maximum atomic E-state index is 5.60. The van der Waals surface area contributed by atoms with Crippen molar-refractivity contribution >= 4 is 31.6 Å². The Morgan fingerprint density at radius 3 is 2.18 bits per heavy atom. The number of hydrogen-bond donors (Lipinski definition) is 0. The first-order chi connectivity index (χ1) is 5.18. The van der Waals surface area contributed by atoms with Crippen molar-refractivity contribution in [3.63, 3.8) is 0 Å². The van der Waals surface area contributed by atoms with E-state index in [1.54, 1.807) is 0 Å². The van der Waals surface area contributed by atoms with Crippen molar-refractivity contribution in [2.75, 3.05) is 0 Å². The molecule has 0 fully saturated rings. The highest BCUT2D eigenvalue weighted by Gasteiger charge is 1.97. The van der Waals surface area contributed by atoms with E-state index in [1.165, 1.54) is 3.57 Å². The van der Waals surface area contributed by atoms with Crippen LogP contribution in [0.25, 0.3) is 0 Å². The van der Waals surface area contributed by atoms with E-state index in [1.807, 2.05) is 12.1 Å². The van der Waals surface area contributed by atoms with Crippen LogP contribution in [-0.4, -0.2) is 9.04 Å². The number of hydrogen-bond acceptors (Lipinski definition) is 1. The first-order valence-corrected chi connectivity index (χ1v) is 7.46. The minimum Gasteiger partial charge on any atom is -0.547 e. The summed E-state index contributed by atoms with van der Waals surface area (Å²) < 4.78 is 6.86. The first kappa shape index (κ1) is 9.06. The second kappa shape index (κ2) is 4.11. The van der Waals surface area contributed by atoms with Crippen LogP contribution in [0.1, 0.15) is 0 Å². The summed E-state index contributed by atoms with van der Waals surface area (Å²) in [6.45, 7) is 4.33. The van der Waals surface area contributed by atoms with Gasteiger partial charge in [-0.05, 0) is 60.0 Å². The SMILES string of the molecule is C[SiH](C)Oc1ccc(I)cc1. The lowest BCUT2D eigenvalue weighted by Gasteiger charge is -2.08. The van der Waals surface area contributed by atoms with Crippen LogP contribution in [-0.2, 0) is 0 Å². The van der Waals surface area contributed by atoms with Gasteiger partial charge in [0.25, 0.3) is 0 Å². The molecule has 0 radical (unpaired) electrons. The lowest BCUT2D eigenvalue weighted by molar-refractivity contribution is 0.580. The molecule has 0 N–H and O–H groups in total. The lowest BCUT2D eigenvalue weighted by Crippen LogP contribution is -2.10. The van der Waals surface area contributed by atoms with Crippen LogP contribution in [0.4, 0.5) is 0 Å². The Labute approximate surface area is 82.6 Å². The zero-order valence-electron chi connectivity index (χ0n) is 6.67. The molecule has 0 amide bonds. The molecule has 1 rings (SSSR count). The molecule has 0 bridgehead atoms. The summed E-state index contributed by atoms with van der Waals surface area (Å²) in [6.07, 6.45) is 0. The molecule has 1 aromatic rings. The molecule has 0 heterocycles. The number of halogens is 1. The van der Waals surface area contributed by atoms with Crippen LogP contribution in [0.5, 0.6) is 5.75 Å². The predicted octanol–water partition coefficient (Wildman–Crippen LogP) is 2.65. The second-order valence-electron chi connectivity index (χ2n) is 2.62. The normalized spacial score (nSPS) is 10.2. The van der Waals surface area contributed by atoms with Crippen LogP contribution < -0.4 is 4.43 Å². The van der Waals surface area contributed by atoms with Gasteiger partial charge in [-0.15, -0.1) is 0 Å². The van der Waals surface area contributed by atoms with Crippen molar-refractivity contribution in [1.82, 2.24) is 0 Å². The number of rotatable bonds is 2. The van der Waals surface area contributed by atoms with Crippen LogP contribution in [0.15, 0.2) is 24.3 Å². The summed E-state index contributed by atoms with van der Waals surface area (Å²) in [7, 11) is -0.915. The third kappa shape index (κ3) is 3.24. The van der Waals surface area contributed by atoms with Crippen LogP contribution in [0.3, 0.4) is 0 Å². The van der Waals surface area contributed by atoms with Gasteiger partial charge in [0.1, 0.15) is 5.75 Å². The third-order valence-electron chi connectivity index (χ3n) is 1.19. The highest BCUT2D eigenvalue weighted by molar-refractivity contribution is 14.1. The highest BCUT2D eigenvalue weighted by Crippen LogP contribution is 2.13. The standard InChI is InChI=1S/C8H11IOSi/c1-11(2)10-8-5-3-7(9)4-6-8/h3-6,11H,1-2H3. The molecule has 1 nitrogen and oxygen atoms in total. The molecule has 0 saturated heterocycles. The van der Waals surface area contributed by atoms with Gasteiger partial charge in [-0.2, -0.15) is 0 Å². The van der Waals surface area contributed by atoms with Crippen LogP contribution in [0.2, 0.25) is 13.1 Å². The first-order valence-electron chi connectivity index (χ1n) is 3.60. The molecular weight excluding hydrogens is 267 g/mol. The van der Waals surface area contributed by atoms with Gasteiger partial charge < -0.3 is 4.43 Å². The smallest absolute Gasteiger partial charge is 0.229 e. The Balaban J connectivity index is 2.66. The molecule has 0 aliphatic carbocycles. The molecule has 3 heteroatoms. The molecule has 0 aliphatic rings. The van der Waals surface area contributed by atoms with Gasteiger partial charge in [0.2, 0.25) is 9.04 Å². The van der Waals surface area contributed by atoms with Gasteiger partial charge >= 0.3 is 0 Å². The van der Waals surface area contributed by atoms with Crippen molar-refractivity contribution in [2.24, 2.45) is 0 Å². The molecule has 60 valence electrons. The second-order valence-corrected chi connectivity index (χ2v) is 6.20. The molecule has 0 aromatic heterocycles. The largest absolute Gasteiger partial charge is 0.547 e. The van der Waals surface area contributed by atoms with E-state index >= 15 is 0 Å². The minimum atomic E-state index is -0.915. The Bertz CT molecular complexity index is 220. The van der Waals surface area contributed by atoms with Crippen molar-refractivity contribution in [3.8, 4) is 5.75 Å². The van der Waals surface area contributed by atoms with E-state index in [9.17, 15) is 0 Å². The van der Waals surface area contributed by atoms with E-state index in [-0.39, 0.29) is 0 Å². The topological polar surface area (TPSA) is 9.23 Å². The maximum Gasteiger partial charge on any atom is 0.229 e. The summed E-state index contributed by atoms with van der Waals surface area (Å²) in [6, 6.07) is 8.17. The van der Waals surface area contributed by atoms with Crippen molar-refractivity contribution in [3.05, 3.63) is 27.8 Å². The maximum absolute atomic E-state index is 5.60. The monoisotopic (exact) mass is 278 g/mol. The van der Waals surface area contributed by atoms with Gasteiger partial charge in [-0.25, -0.2) is 0 Å². The predicted molar refractivity (Wildman–Crippen MR) is 58.7 cm³/mol. The number of benzene rings is 1. The summed E-state index contributed by atoms with van der Waals surface area (Å²) >= 11 is 2.29. The average molecular weight is 278 g/mol. The van der Waals surface area contributed by atoms with Gasteiger partial charge in [0.15, 0.2) is 0 Å². The van der Waals surface area contributed by atoms with Crippen LogP contribution >= 0.6 is 22.6 Å². The van der Waals surface area contributed by atoms with Crippen molar-refractivity contribution < 1.29 is 4.43 Å². The zero-order chi connectivity index (χ0) is 8.27. The summed E-state index contributed by atoms with van der Waals surface area (Å²) in [4.78, 5) is 0. The summed E-state index contributed by atoms with van der Waals surface area (Å²) in [5.41, 5.74) is 0. The van der Waals surface area contributed by atoms with Gasteiger partial charge in [0.05, 0.1) is 0 Å². The molecule has 11 heavy (non-hydrogen) atoms. The van der Waals surface area contributed by atoms with E-state index in [0.29, 0.717) is 0 Å². The van der Waals surface area contributed by atoms with Gasteiger partial charge in [-0.3, -0.25) is 0 Å².